The Hall–Kier alpha value is -3.04. The van der Waals surface area contributed by atoms with E-state index in [1.807, 2.05) is 40.0 Å². The zero-order valence-corrected chi connectivity index (χ0v) is 16.9. The fourth-order valence-corrected chi connectivity index (χ4v) is 3.26. The summed E-state index contributed by atoms with van der Waals surface area (Å²) >= 11 is 0. The first kappa shape index (κ1) is 17.3. The normalized spacial score (nSPS) is 19.8. The van der Waals surface area contributed by atoms with Crippen molar-refractivity contribution in [1.82, 2.24) is 9.47 Å². The molecule has 6 heteroatoms. The summed E-state index contributed by atoms with van der Waals surface area (Å²) in [5, 5.41) is 0.783. The van der Waals surface area contributed by atoms with Gasteiger partial charge in [0, 0.05) is 19.4 Å². The molecule has 2 aromatic rings. The Morgan fingerprint density at radius 3 is 2.75 bits per heavy atom. The maximum absolute atomic E-state index is 13.8. The molecule has 0 saturated carbocycles. The van der Waals surface area contributed by atoms with Crippen LogP contribution in [-0.4, -0.2) is 34.3 Å². The predicted octanol–water partition coefficient (Wildman–Crippen LogP) is 3.93. The molecule has 1 aromatic heterocycles. The number of halogens is 1. The molecule has 0 aliphatic carbocycles. The Kier molecular flexibility index (Phi) is 4.00. The van der Waals surface area contributed by atoms with Crippen LogP contribution in [0.3, 0.4) is 0 Å². The number of hydrogen-bond acceptors (Lipinski definition) is 2. The minimum atomic E-state index is -0.539. The number of hydrogen-bond donors (Lipinski definition) is 0. The number of ether oxygens (including phenoxy) is 1. The molecule has 0 spiro atoms. The van der Waals surface area contributed by atoms with Gasteiger partial charge in [-0.1, -0.05) is 12.5 Å². The first-order chi connectivity index (χ1) is 10.7. The minimum Gasteiger partial charge on any atom is -0.444 e. The zero-order valence-electron chi connectivity index (χ0n) is 14.5. The average molecular weight is 574 g/mol. The topological polar surface area (TPSA) is 34.5 Å². The molecule has 1 amide bonds. The summed E-state index contributed by atoms with van der Waals surface area (Å²) < 4.78 is 21.4. The molecule has 0 bridgehead atoms. The van der Waals surface area contributed by atoms with E-state index in [1.54, 1.807) is 11.9 Å². The Balaban J connectivity index is 0.00000208. The number of nitrogens with zero attached hydrogens (tertiary/aromatic N) is 2. The van der Waals surface area contributed by atoms with Gasteiger partial charge in [-0.15, -0.1) is 23.6 Å². The molecule has 0 fully saturated rings. The summed E-state index contributed by atoms with van der Waals surface area (Å²) in [7, 11) is 1.74. The van der Waals surface area contributed by atoms with Crippen LogP contribution < -0.4 is 0 Å². The fraction of sp³-hybridized carbons (Fsp3) is 0.500. The fourth-order valence-electron chi connectivity index (χ4n) is 3.26. The van der Waals surface area contributed by atoms with Crippen LogP contribution in [0.2, 0.25) is 0 Å². The third-order valence-corrected chi connectivity index (χ3v) is 4.40. The first-order valence-electron chi connectivity index (χ1n) is 7.84. The number of likely N-dealkylation sites (N-methyl/N-ethyl adjacent to an activating group) is 1. The van der Waals surface area contributed by atoms with Crippen LogP contribution in [0.15, 0.2) is 18.3 Å². The van der Waals surface area contributed by atoms with Crippen molar-refractivity contribution in [1.29, 1.82) is 0 Å². The van der Waals surface area contributed by atoms with E-state index < -0.39 is 5.60 Å². The van der Waals surface area contributed by atoms with Gasteiger partial charge < -0.3 is 14.2 Å². The Bertz CT molecular complexity index is 766. The SMILES string of the molecule is C[C@H]1c2cc(F)[c-]c3ccn(c23)C[C@@H]1N(C)C(=O)OC(C)(C)C.[Fm]. The number of carbonyl (C=O) groups is 1. The molecule has 1 aromatic carbocycles. The van der Waals surface area contributed by atoms with E-state index in [9.17, 15) is 9.18 Å². The average Bonchev–Trinajstić information content (AvgIpc) is 2.83. The Morgan fingerprint density at radius 2 is 2.12 bits per heavy atom. The molecular weight excluding hydrogens is 552 g/mol. The van der Waals surface area contributed by atoms with Crippen molar-refractivity contribution in [2.75, 3.05) is 7.05 Å². The molecule has 0 N–H and O–H groups in total. The van der Waals surface area contributed by atoms with Gasteiger partial charge in [-0.3, -0.25) is 0 Å². The summed E-state index contributed by atoms with van der Waals surface area (Å²) in [6, 6.07) is 6.05. The second-order valence-corrected chi connectivity index (χ2v) is 7.25. The van der Waals surface area contributed by atoms with Gasteiger partial charge in [0.25, 0.3) is 0 Å². The Morgan fingerprint density at radius 1 is 1.46 bits per heavy atom. The van der Waals surface area contributed by atoms with Gasteiger partial charge in [-0.2, -0.15) is 0 Å². The van der Waals surface area contributed by atoms with E-state index in [4.69, 9.17) is 4.74 Å². The van der Waals surface area contributed by atoms with Crippen LogP contribution in [-0.2, 0) is 11.3 Å². The van der Waals surface area contributed by atoms with Crippen molar-refractivity contribution in [3.8, 4) is 0 Å². The van der Waals surface area contributed by atoms with Crippen LogP contribution >= 0.6 is 0 Å². The number of benzene rings is 1. The third-order valence-electron chi connectivity index (χ3n) is 4.40. The second kappa shape index (κ2) is 5.55. The van der Waals surface area contributed by atoms with Gasteiger partial charge in [0.2, 0.25) is 0 Å². The van der Waals surface area contributed by atoms with E-state index in [1.165, 1.54) is 6.07 Å². The van der Waals surface area contributed by atoms with Gasteiger partial charge in [-0.25, -0.2) is 9.18 Å². The molecule has 4 nitrogen and oxygen atoms in total. The third kappa shape index (κ3) is 2.77. The first-order valence-corrected chi connectivity index (χ1v) is 7.84. The van der Waals surface area contributed by atoms with Crippen LogP contribution in [0.4, 0.5) is 9.18 Å². The maximum atomic E-state index is 13.8. The molecular formula is C18H22FFmN2O2-. The number of amides is 1. The standard InChI is InChI=1S/C18H22FN2O2.Fm/c1-11-14-9-13(19)8-12-6-7-21(16(12)14)10-15(11)20(5)17(22)23-18(2,3)4;/h6-7,9,11,15H,10H2,1-5H3;/q-1;/t11-,15-;/m0./s1. The van der Waals surface area contributed by atoms with Crippen molar-refractivity contribution in [3.63, 3.8) is 0 Å². The van der Waals surface area contributed by atoms with E-state index in [2.05, 4.69) is 10.6 Å². The van der Waals surface area contributed by atoms with E-state index in [-0.39, 0.29) is 23.9 Å². The molecule has 2 heterocycles. The molecule has 1 aliphatic rings. The second-order valence-electron chi connectivity index (χ2n) is 7.25. The van der Waals surface area contributed by atoms with Gasteiger partial charge in [0.15, 0.2) is 0 Å². The Labute approximate surface area is 135 Å². The van der Waals surface area contributed by atoms with Crippen molar-refractivity contribution >= 4 is 17.0 Å². The predicted molar refractivity (Wildman–Crippen MR) is 86.9 cm³/mol. The minimum absolute atomic E-state index is 0. The van der Waals surface area contributed by atoms with E-state index in [0.29, 0.717) is 6.54 Å². The van der Waals surface area contributed by atoms with Crippen LogP contribution in [0.5, 0.6) is 0 Å². The molecule has 24 heavy (non-hydrogen) atoms. The quantitative estimate of drug-likeness (QED) is 0.484. The zero-order chi connectivity index (χ0) is 16.9. The van der Waals surface area contributed by atoms with Gasteiger partial charge in [0.05, 0.1) is 6.04 Å². The monoisotopic (exact) mass is 574 g/mol. The van der Waals surface area contributed by atoms with Gasteiger partial charge >= 0.3 is 6.09 Å². The number of carbonyl (C=O) groups excluding carboxylic acids is 1. The van der Waals surface area contributed by atoms with E-state index >= 15 is 0 Å². The molecule has 136 valence electrons. The smallest absolute Gasteiger partial charge is 0.410 e. The molecule has 0 radical (unpaired) electrons. The number of rotatable bonds is 1. The molecule has 3 rings (SSSR count). The van der Waals surface area contributed by atoms with Crippen molar-refractivity contribution in [3.05, 3.63) is 35.8 Å². The van der Waals surface area contributed by atoms with Crippen molar-refractivity contribution in [2.45, 2.75) is 51.8 Å². The summed E-state index contributed by atoms with van der Waals surface area (Å²) in [6.07, 6.45) is 1.57. The summed E-state index contributed by atoms with van der Waals surface area (Å²) in [5.41, 5.74) is 1.38. The molecule has 2 atom stereocenters. The molecule has 1 aliphatic heterocycles. The summed E-state index contributed by atoms with van der Waals surface area (Å²) in [5.74, 6) is -0.348. The van der Waals surface area contributed by atoms with Crippen LogP contribution in [0, 0.1) is 11.9 Å². The van der Waals surface area contributed by atoms with Gasteiger partial charge in [0.1, 0.15) is 5.60 Å². The van der Waals surface area contributed by atoms with Crippen LogP contribution in [0.25, 0.3) is 10.9 Å². The molecule has 0 unspecified atom stereocenters. The molecule has 0 saturated heterocycles. The summed E-state index contributed by atoms with van der Waals surface area (Å²) in [4.78, 5) is 14.0. The van der Waals surface area contributed by atoms with Crippen LogP contribution in [0.1, 0.15) is 39.2 Å². The summed E-state index contributed by atoms with van der Waals surface area (Å²) in [6.45, 7) is 8.22. The van der Waals surface area contributed by atoms with E-state index in [0.717, 1.165) is 16.5 Å². The number of aromatic nitrogens is 1. The maximum Gasteiger partial charge on any atom is 0.410 e. The van der Waals surface area contributed by atoms with Crippen molar-refractivity contribution < 1.29 is 13.9 Å². The van der Waals surface area contributed by atoms with Crippen molar-refractivity contribution in [2.24, 2.45) is 0 Å². The van der Waals surface area contributed by atoms with Gasteiger partial charge in [-0.05, 0) is 38.4 Å². The largest absolute Gasteiger partial charge is 0.444 e.